The molecule has 1 N–H and O–H groups in total. The van der Waals surface area contributed by atoms with E-state index in [1.54, 1.807) is 0 Å². The highest BCUT2D eigenvalue weighted by Crippen LogP contribution is 2.27. The summed E-state index contributed by atoms with van der Waals surface area (Å²) in [7, 11) is 1.93. The van der Waals surface area contributed by atoms with Gasteiger partial charge in [-0.05, 0) is 48.1 Å². The van der Waals surface area contributed by atoms with Crippen molar-refractivity contribution in [2.24, 2.45) is 7.05 Å². The van der Waals surface area contributed by atoms with Crippen LogP contribution in [0.3, 0.4) is 0 Å². The smallest absolute Gasteiger partial charge is 0.234 e. The zero-order chi connectivity index (χ0) is 21.2. The van der Waals surface area contributed by atoms with E-state index in [1.165, 1.54) is 17.3 Å². The molecular weight excluding hydrogens is 380 g/mol. The molecule has 0 fully saturated rings. The Morgan fingerprint density at radius 3 is 2.24 bits per heavy atom. The second-order valence-electron chi connectivity index (χ2n) is 8.41. The first kappa shape index (κ1) is 21.1. The predicted molar refractivity (Wildman–Crippen MR) is 120 cm³/mol. The van der Waals surface area contributed by atoms with E-state index in [-0.39, 0.29) is 17.1 Å². The monoisotopic (exact) mass is 408 g/mol. The fourth-order valence-electron chi connectivity index (χ4n) is 3.19. The number of nitrogens with zero attached hydrogens (tertiary/aromatic N) is 3. The molecular formula is C23H28N4OS. The largest absolute Gasteiger partial charge is 0.325 e. The van der Waals surface area contributed by atoms with E-state index < -0.39 is 0 Å². The van der Waals surface area contributed by atoms with Crippen molar-refractivity contribution in [1.29, 1.82) is 0 Å². The van der Waals surface area contributed by atoms with Crippen molar-refractivity contribution in [2.75, 3.05) is 11.1 Å². The van der Waals surface area contributed by atoms with Crippen LogP contribution in [-0.4, -0.2) is 26.4 Å². The van der Waals surface area contributed by atoms with Gasteiger partial charge < -0.3 is 9.88 Å². The van der Waals surface area contributed by atoms with Gasteiger partial charge in [-0.3, -0.25) is 4.79 Å². The zero-order valence-electron chi connectivity index (χ0n) is 17.9. The molecule has 0 unspecified atom stereocenters. The number of hydrogen-bond donors (Lipinski definition) is 1. The summed E-state index contributed by atoms with van der Waals surface area (Å²) in [6.45, 7) is 10.6. The average Bonchev–Trinajstić information content (AvgIpc) is 2.99. The van der Waals surface area contributed by atoms with Crippen molar-refractivity contribution in [1.82, 2.24) is 14.8 Å². The van der Waals surface area contributed by atoms with Crippen LogP contribution in [0, 0.1) is 13.8 Å². The topological polar surface area (TPSA) is 59.8 Å². The van der Waals surface area contributed by atoms with Crippen molar-refractivity contribution in [2.45, 2.75) is 45.2 Å². The molecule has 3 aromatic rings. The number of rotatable bonds is 5. The van der Waals surface area contributed by atoms with Gasteiger partial charge in [-0.1, -0.05) is 62.9 Å². The number of carbonyl (C=O) groups is 1. The van der Waals surface area contributed by atoms with E-state index in [2.05, 4.69) is 66.6 Å². The standard InChI is InChI=1S/C23H28N4OS/c1-15-11-16(2)13-19(12-15)24-20(28)14-29-22-26-25-21(27(22)6)17-7-9-18(10-8-17)23(3,4)5/h7-13H,14H2,1-6H3,(H,24,28). The quantitative estimate of drug-likeness (QED) is 0.595. The van der Waals surface area contributed by atoms with Gasteiger partial charge in [-0.15, -0.1) is 10.2 Å². The molecule has 6 heteroatoms. The van der Waals surface area contributed by atoms with E-state index in [1.807, 2.05) is 37.6 Å². The van der Waals surface area contributed by atoms with Crippen molar-refractivity contribution in [3.05, 3.63) is 59.2 Å². The minimum Gasteiger partial charge on any atom is -0.325 e. The number of benzene rings is 2. The summed E-state index contributed by atoms with van der Waals surface area (Å²) in [5.74, 6) is 1.02. The van der Waals surface area contributed by atoms with E-state index in [4.69, 9.17) is 0 Å². The summed E-state index contributed by atoms with van der Waals surface area (Å²) in [5.41, 5.74) is 5.49. The Morgan fingerprint density at radius 2 is 1.66 bits per heavy atom. The highest BCUT2D eigenvalue weighted by Gasteiger charge is 2.16. The molecule has 0 aliphatic carbocycles. The number of aryl methyl sites for hydroxylation is 2. The second-order valence-corrected chi connectivity index (χ2v) is 9.35. The summed E-state index contributed by atoms with van der Waals surface area (Å²) in [5, 5.41) is 12.3. The third-order valence-corrected chi connectivity index (χ3v) is 5.70. The summed E-state index contributed by atoms with van der Waals surface area (Å²) >= 11 is 1.38. The van der Waals surface area contributed by atoms with Gasteiger partial charge in [0.2, 0.25) is 5.91 Å². The van der Waals surface area contributed by atoms with Gasteiger partial charge in [-0.25, -0.2) is 0 Å². The second kappa shape index (κ2) is 8.41. The number of thioether (sulfide) groups is 1. The van der Waals surface area contributed by atoms with E-state index in [0.717, 1.165) is 33.4 Å². The number of amides is 1. The Hall–Kier alpha value is -2.60. The third kappa shape index (κ3) is 5.26. The normalized spacial score (nSPS) is 11.5. The molecule has 1 amide bonds. The van der Waals surface area contributed by atoms with Gasteiger partial charge in [0.15, 0.2) is 11.0 Å². The maximum absolute atomic E-state index is 12.3. The highest BCUT2D eigenvalue weighted by molar-refractivity contribution is 7.99. The van der Waals surface area contributed by atoms with Crippen LogP contribution in [0.25, 0.3) is 11.4 Å². The van der Waals surface area contributed by atoms with Crippen LogP contribution in [0.15, 0.2) is 47.6 Å². The van der Waals surface area contributed by atoms with Crippen molar-refractivity contribution < 1.29 is 4.79 Å². The maximum Gasteiger partial charge on any atom is 0.234 e. The maximum atomic E-state index is 12.3. The molecule has 0 saturated carbocycles. The van der Waals surface area contributed by atoms with Gasteiger partial charge in [0.05, 0.1) is 5.75 Å². The van der Waals surface area contributed by atoms with Gasteiger partial charge in [0.25, 0.3) is 0 Å². The Morgan fingerprint density at radius 1 is 1.03 bits per heavy atom. The first-order valence-corrected chi connectivity index (χ1v) is 10.6. The Balaban J connectivity index is 1.66. The van der Waals surface area contributed by atoms with Crippen molar-refractivity contribution >= 4 is 23.4 Å². The minimum absolute atomic E-state index is 0.0564. The summed E-state index contributed by atoms with van der Waals surface area (Å²) in [4.78, 5) is 12.3. The highest BCUT2D eigenvalue weighted by atomic mass is 32.2. The van der Waals surface area contributed by atoms with Gasteiger partial charge >= 0.3 is 0 Å². The van der Waals surface area contributed by atoms with Gasteiger partial charge in [-0.2, -0.15) is 0 Å². The molecule has 0 aliphatic heterocycles. The van der Waals surface area contributed by atoms with Crippen LogP contribution >= 0.6 is 11.8 Å². The van der Waals surface area contributed by atoms with Crippen molar-refractivity contribution in [3.8, 4) is 11.4 Å². The molecule has 2 aromatic carbocycles. The Kier molecular flexibility index (Phi) is 6.13. The van der Waals surface area contributed by atoms with Crippen LogP contribution in [0.4, 0.5) is 5.69 Å². The van der Waals surface area contributed by atoms with Crippen LogP contribution < -0.4 is 5.32 Å². The minimum atomic E-state index is -0.0564. The Labute approximate surface area is 176 Å². The molecule has 0 radical (unpaired) electrons. The first-order valence-electron chi connectivity index (χ1n) is 9.65. The zero-order valence-corrected chi connectivity index (χ0v) is 18.7. The molecule has 0 spiro atoms. The molecule has 152 valence electrons. The first-order chi connectivity index (χ1) is 13.6. The predicted octanol–water partition coefficient (Wildman–Crippen LogP) is 5.13. The fourth-order valence-corrected chi connectivity index (χ4v) is 3.90. The van der Waals surface area contributed by atoms with E-state index in [0.29, 0.717) is 0 Å². The number of nitrogens with one attached hydrogen (secondary N) is 1. The molecule has 0 saturated heterocycles. The van der Waals surface area contributed by atoms with Crippen LogP contribution in [0.1, 0.15) is 37.5 Å². The number of anilines is 1. The van der Waals surface area contributed by atoms with Crippen LogP contribution in [-0.2, 0) is 17.3 Å². The van der Waals surface area contributed by atoms with E-state index >= 15 is 0 Å². The van der Waals surface area contributed by atoms with E-state index in [9.17, 15) is 4.79 Å². The SMILES string of the molecule is Cc1cc(C)cc(NC(=O)CSc2nnc(-c3ccc(C(C)(C)C)cc3)n2C)c1. The van der Waals surface area contributed by atoms with Gasteiger partial charge in [0.1, 0.15) is 0 Å². The van der Waals surface area contributed by atoms with Crippen LogP contribution in [0.5, 0.6) is 0 Å². The van der Waals surface area contributed by atoms with Gasteiger partial charge in [0, 0.05) is 18.3 Å². The number of carbonyl (C=O) groups excluding carboxylic acids is 1. The summed E-state index contributed by atoms with van der Waals surface area (Å²) in [6, 6.07) is 14.4. The summed E-state index contributed by atoms with van der Waals surface area (Å²) in [6.07, 6.45) is 0. The van der Waals surface area contributed by atoms with Crippen molar-refractivity contribution in [3.63, 3.8) is 0 Å². The van der Waals surface area contributed by atoms with Crippen LogP contribution in [0.2, 0.25) is 0 Å². The molecule has 5 nitrogen and oxygen atoms in total. The third-order valence-electron chi connectivity index (χ3n) is 4.68. The molecule has 0 atom stereocenters. The fraction of sp³-hybridized carbons (Fsp3) is 0.348. The lowest BCUT2D eigenvalue weighted by molar-refractivity contribution is -0.113. The molecule has 3 rings (SSSR count). The Bertz CT molecular complexity index is 996. The lowest BCUT2D eigenvalue weighted by Crippen LogP contribution is -2.14. The molecule has 0 aliphatic rings. The molecule has 0 bridgehead atoms. The lowest BCUT2D eigenvalue weighted by Gasteiger charge is -2.19. The molecule has 1 aromatic heterocycles. The lowest BCUT2D eigenvalue weighted by atomic mass is 9.87. The summed E-state index contributed by atoms with van der Waals surface area (Å²) < 4.78 is 1.93. The number of aromatic nitrogens is 3. The average molecular weight is 409 g/mol. The molecule has 1 heterocycles. The molecule has 29 heavy (non-hydrogen) atoms. The number of hydrogen-bond acceptors (Lipinski definition) is 4.